The van der Waals surface area contributed by atoms with Crippen LogP contribution in [0.5, 0.6) is 0 Å². The maximum absolute atomic E-state index is 11.1. The molecule has 104 valence electrons. The highest BCUT2D eigenvalue weighted by molar-refractivity contribution is 5.84. The summed E-state index contributed by atoms with van der Waals surface area (Å²) in [7, 11) is 0. The van der Waals surface area contributed by atoms with Crippen molar-refractivity contribution in [3.63, 3.8) is 0 Å². The van der Waals surface area contributed by atoms with Crippen LogP contribution in [-0.2, 0) is 22.4 Å². The van der Waals surface area contributed by atoms with Gasteiger partial charge in [0.1, 0.15) is 6.04 Å². The quantitative estimate of drug-likeness (QED) is 0.703. The maximum Gasteiger partial charge on any atom is 0.326 e. The van der Waals surface area contributed by atoms with Crippen LogP contribution in [0, 0.1) is 0 Å². The van der Waals surface area contributed by atoms with Crippen molar-refractivity contribution >= 4 is 17.6 Å². The topological polar surface area (TPSA) is 86.6 Å². The molecule has 3 N–H and O–H groups in total. The Morgan fingerprint density at radius 2 is 1.68 bits per heavy atom. The lowest BCUT2D eigenvalue weighted by Gasteiger charge is -2.19. The zero-order chi connectivity index (χ0) is 14.4. The van der Waals surface area contributed by atoms with E-state index in [1.807, 2.05) is 32.0 Å². The second kappa shape index (κ2) is 6.78. The molecular formula is C14H19NO4. The molecule has 0 aliphatic carbocycles. The van der Waals surface area contributed by atoms with Gasteiger partial charge >= 0.3 is 11.9 Å². The van der Waals surface area contributed by atoms with Crippen molar-refractivity contribution in [3.05, 3.63) is 29.3 Å². The molecule has 19 heavy (non-hydrogen) atoms. The van der Waals surface area contributed by atoms with Gasteiger partial charge in [0, 0.05) is 5.69 Å². The van der Waals surface area contributed by atoms with Gasteiger partial charge in [0.25, 0.3) is 0 Å². The normalized spacial score (nSPS) is 11.9. The zero-order valence-electron chi connectivity index (χ0n) is 11.1. The fraction of sp³-hybridized carbons (Fsp3) is 0.429. The molecule has 0 saturated carbocycles. The third-order valence-electron chi connectivity index (χ3n) is 2.99. The second-order valence-corrected chi connectivity index (χ2v) is 4.29. The number of benzene rings is 1. The largest absolute Gasteiger partial charge is 0.481 e. The van der Waals surface area contributed by atoms with Gasteiger partial charge in [0.15, 0.2) is 0 Å². The van der Waals surface area contributed by atoms with Gasteiger partial charge in [-0.2, -0.15) is 0 Å². The SMILES string of the molecule is CCc1cccc(CC)c1NC(CC(=O)O)C(=O)O. The minimum absolute atomic E-state index is 0.448. The molecule has 0 heterocycles. The first-order chi connectivity index (χ1) is 8.99. The predicted molar refractivity (Wildman–Crippen MR) is 72.5 cm³/mol. The average Bonchev–Trinajstić information content (AvgIpc) is 2.37. The Morgan fingerprint density at radius 3 is 2.05 bits per heavy atom. The number of aliphatic carboxylic acids is 2. The molecule has 1 aromatic rings. The van der Waals surface area contributed by atoms with Crippen LogP contribution in [0.2, 0.25) is 0 Å². The van der Waals surface area contributed by atoms with Crippen LogP contribution in [0.4, 0.5) is 5.69 Å². The van der Waals surface area contributed by atoms with Crippen LogP contribution in [0.3, 0.4) is 0 Å². The van der Waals surface area contributed by atoms with E-state index in [4.69, 9.17) is 10.2 Å². The molecule has 0 amide bonds. The van der Waals surface area contributed by atoms with E-state index < -0.39 is 24.4 Å². The number of para-hydroxylation sites is 1. The monoisotopic (exact) mass is 265 g/mol. The summed E-state index contributed by atoms with van der Waals surface area (Å²) in [5.41, 5.74) is 2.74. The van der Waals surface area contributed by atoms with Crippen LogP contribution in [0.15, 0.2) is 18.2 Å². The first-order valence-electron chi connectivity index (χ1n) is 6.31. The Balaban J connectivity index is 3.07. The van der Waals surface area contributed by atoms with Crippen LogP contribution >= 0.6 is 0 Å². The van der Waals surface area contributed by atoms with Crippen LogP contribution in [0.1, 0.15) is 31.4 Å². The van der Waals surface area contributed by atoms with Gasteiger partial charge < -0.3 is 15.5 Å². The van der Waals surface area contributed by atoms with Crippen molar-refractivity contribution in [2.45, 2.75) is 39.2 Å². The number of hydrogen-bond donors (Lipinski definition) is 3. The summed E-state index contributed by atoms with van der Waals surface area (Å²) in [6.07, 6.45) is 1.07. The van der Waals surface area contributed by atoms with Crippen molar-refractivity contribution in [2.24, 2.45) is 0 Å². The number of carboxylic acids is 2. The molecule has 0 aliphatic heterocycles. The highest BCUT2D eigenvalue weighted by Crippen LogP contribution is 2.24. The number of hydrogen-bond acceptors (Lipinski definition) is 3. The number of nitrogens with one attached hydrogen (secondary N) is 1. The second-order valence-electron chi connectivity index (χ2n) is 4.29. The lowest BCUT2D eigenvalue weighted by molar-refractivity contribution is -0.144. The minimum Gasteiger partial charge on any atom is -0.481 e. The van der Waals surface area contributed by atoms with Crippen molar-refractivity contribution in [2.75, 3.05) is 5.32 Å². The van der Waals surface area contributed by atoms with Gasteiger partial charge in [-0.05, 0) is 24.0 Å². The molecule has 5 nitrogen and oxygen atoms in total. The molecule has 0 bridgehead atoms. The van der Waals surface area contributed by atoms with Gasteiger partial charge in [0.2, 0.25) is 0 Å². The van der Waals surface area contributed by atoms with Crippen molar-refractivity contribution < 1.29 is 19.8 Å². The molecule has 0 spiro atoms. The highest BCUT2D eigenvalue weighted by Gasteiger charge is 2.22. The van der Waals surface area contributed by atoms with Gasteiger partial charge in [-0.1, -0.05) is 32.0 Å². The fourth-order valence-corrected chi connectivity index (χ4v) is 1.98. The number of carbonyl (C=O) groups is 2. The summed E-state index contributed by atoms with van der Waals surface area (Å²) >= 11 is 0. The first-order valence-corrected chi connectivity index (χ1v) is 6.31. The zero-order valence-corrected chi connectivity index (χ0v) is 11.1. The standard InChI is InChI=1S/C14H19NO4/c1-3-9-6-5-7-10(4-2)13(9)15-11(14(18)19)8-12(16)17/h5-7,11,15H,3-4,8H2,1-2H3,(H,16,17)(H,18,19). The van der Waals surface area contributed by atoms with E-state index in [9.17, 15) is 9.59 Å². The van der Waals surface area contributed by atoms with Crippen LogP contribution < -0.4 is 5.32 Å². The Morgan fingerprint density at radius 1 is 1.16 bits per heavy atom. The molecule has 0 saturated heterocycles. The van der Waals surface area contributed by atoms with Gasteiger partial charge in [-0.15, -0.1) is 0 Å². The Kier molecular flexibility index (Phi) is 5.36. The smallest absolute Gasteiger partial charge is 0.326 e. The summed E-state index contributed by atoms with van der Waals surface area (Å²) in [6.45, 7) is 3.96. The summed E-state index contributed by atoms with van der Waals surface area (Å²) < 4.78 is 0. The molecule has 5 heteroatoms. The predicted octanol–water partition coefficient (Wildman–Crippen LogP) is 2.15. The molecule has 1 atom stereocenters. The van der Waals surface area contributed by atoms with E-state index >= 15 is 0 Å². The maximum atomic E-state index is 11.1. The summed E-state index contributed by atoms with van der Waals surface area (Å²) in [4.78, 5) is 21.8. The molecule has 1 aromatic carbocycles. The van der Waals surface area contributed by atoms with Crippen LogP contribution in [0.25, 0.3) is 0 Å². The van der Waals surface area contributed by atoms with E-state index in [1.165, 1.54) is 0 Å². The number of carboxylic acid groups (broad SMARTS) is 2. The summed E-state index contributed by atoms with van der Waals surface area (Å²) in [5.74, 6) is -2.29. The molecule has 0 fully saturated rings. The first kappa shape index (κ1) is 15.0. The fourth-order valence-electron chi connectivity index (χ4n) is 1.98. The van der Waals surface area contributed by atoms with E-state index in [1.54, 1.807) is 0 Å². The number of anilines is 1. The van der Waals surface area contributed by atoms with E-state index in [0.29, 0.717) is 0 Å². The lowest BCUT2D eigenvalue weighted by Crippen LogP contribution is -2.32. The third kappa shape index (κ3) is 3.98. The van der Waals surface area contributed by atoms with Gasteiger partial charge in [-0.3, -0.25) is 4.79 Å². The number of aryl methyl sites for hydroxylation is 2. The minimum atomic E-state index is -1.16. The molecule has 0 aromatic heterocycles. The highest BCUT2D eigenvalue weighted by atomic mass is 16.4. The van der Waals surface area contributed by atoms with E-state index in [-0.39, 0.29) is 0 Å². The molecule has 1 rings (SSSR count). The van der Waals surface area contributed by atoms with Crippen molar-refractivity contribution in [3.8, 4) is 0 Å². The van der Waals surface area contributed by atoms with Gasteiger partial charge in [-0.25, -0.2) is 4.79 Å². The van der Waals surface area contributed by atoms with Crippen molar-refractivity contribution in [1.29, 1.82) is 0 Å². The summed E-state index contributed by atoms with van der Waals surface area (Å²) in [6, 6.07) is 4.65. The molecule has 0 aliphatic rings. The third-order valence-corrected chi connectivity index (χ3v) is 2.99. The average molecular weight is 265 g/mol. The van der Waals surface area contributed by atoms with E-state index in [2.05, 4.69) is 5.32 Å². The Bertz CT molecular complexity index is 448. The van der Waals surface area contributed by atoms with Gasteiger partial charge in [0.05, 0.1) is 6.42 Å². The van der Waals surface area contributed by atoms with Crippen LogP contribution in [-0.4, -0.2) is 28.2 Å². The molecule has 1 unspecified atom stereocenters. The molecular weight excluding hydrogens is 246 g/mol. The Labute approximate surface area is 112 Å². The van der Waals surface area contributed by atoms with E-state index in [0.717, 1.165) is 29.7 Å². The van der Waals surface area contributed by atoms with Crippen molar-refractivity contribution in [1.82, 2.24) is 0 Å². The number of rotatable bonds is 7. The Hall–Kier alpha value is -2.04. The lowest BCUT2D eigenvalue weighted by atomic mass is 10.0. The molecule has 0 radical (unpaired) electrons. The summed E-state index contributed by atoms with van der Waals surface area (Å²) in [5, 5.41) is 20.7.